The summed E-state index contributed by atoms with van der Waals surface area (Å²) in [7, 11) is 1.89. The molecule has 0 aliphatic heterocycles. The van der Waals surface area contributed by atoms with Crippen LogP contribution in [0.1, 0.15) is 30.0 Å². The van der Waals surface area contributed by atoms with Crippen molar-refractivity contribution in [3.8, 4) is 5.75 Å². The van der Waals surface area contributed by atoms with Crippen LogP contribution in [0.2, 0.25) is 0 Å². The molecule has 1 atom stereocenters. The van der Waals surface area contributed by atoms with Crippen molar-refractivity contribution in [1.82, 2.24) is 9.78 Å². The number of hydrogen-bond donors (Lipinski definition) is 1. The molecule has 1 N–H and O–H groups in total. The highest BCUT2D eigenvalue weighted by atomic mass is 79.9. The Hall–Kier alpha value is -1.33. The molecule has 0 saturated carbocycles. The highest BCUT2D eigenvalue weighted by Crippen LogP contribution is 2.23. The minimum Gasteiger partial charge on any atom is -0.487 e. The minimum absolute atomic E-state index is 0.432. The van der Waals surface area contributed by atoms with E-state index < -0.39 is 6.10 Å². The number of aliphatic hydroxyl groups excluding tert-OH is 1. The second-order valence-corrected chi connectivity index (χ2v) is 5.30. The number of ether oxygens (including phenoxy) is 1. The Bertz CT molecular complexity index is 579. The maximum absolute atomic E-state index is 9.55. The second kappa shape index (κ2) is 5.75. The Morgan fingerprint density at radius 1 is 1.47 bits per heavy atom. The summed E-state index contributed by atoms with van der Waals surface area (Å²) in [6.45, 7) is 4.11. The second-order valence-electron chi connectivity index (χ2n) is 4.51. The van der Waals surface area contributed by atoms with E-state index in [4.69, 9.17) is 4.74 Å². The molecule has 1 aromatic carbocycles. The fourth-order valence-electron chi connectivity index (χ4n) is 1.85. The van der Waals surface area contributed by atoms with E-state index in [1.807, 2.05) is 38.2 Å². The predicted molar refractivity (Wildman–Crippen MR) is 77.1 cm³/mol. The molecule has 0 unspecified atom stereocenters. The molecule has 0 fully saturated rings. The van der Waals surface area contributed by atoms with Gasteiger partial charge in [-0.2, -0.15) is 5.10 Å². The van der Waals surface area contributed by atoms with Crippen molar-refractivity contribution in [1.29, 1.82) is 0 Å². The number of aromatic nitrogens is 2. The summed E-state index contributed by atoms with van der Waals surface area (Å²) < 4.78 is 8.53. The van der Waals surface area contributed by atoms with Crippen LogP contribution in [0.5, 0.6) is 5.75 Å². The third kappa shape index (κ3) is 3.16. The van der Waals surface area contributed by atoms with Gasteiger partial charge in [-0.1, -0.05) is 12.1 Å². The van der Waals surface area contributed by atoms with E-state index >= 15 is 0 Å². The predicted octanol–water partition coefficient (Wildman–Crippen LogP) is 3.12. The van der Waals surface area contributed by atoms with Gasteiger partial charge < -0.3 is 9.84 Å². The lowest BCUT2D eigenvalue weighted by Gasteiger charge is -2.10. The molecule has 0 saturated heterocycles. The Kier molecular flexibility index (Phi) is 4.27. The van der Waals surface area contributed by atoms with Gasteiger partial charge >= 0.3 is 0 Å². The summed E-state index contributed by atoms with van der Waals surface area (Å²) in [5.74, 6) is 0.740. The molecule has 5 heteroatoms. The molecule has 0 aliphatic rings. The number of aryl methyl sites for hydroxylation is 2. The molecule has 1 aromatic heterocycles. The number of halogens is 1. The zero-order chi connectivity index (χ0) is 14.0. The zero-order valence-electron chi connectivity index (χ0n) is 11.2. The molecule has 19 heavy (non-hydrogen) atoms. The molecule has 4 nitrogen and oxygen atoms in total. The first-order valence-electron chi connectivity index (χ1n) is 6.08. The Morgan fingerprint density at radius 2 is 2.21 bits per heavy atom. The van der Waals surface area contributed by atoms with Gasteiger partial charge in [0, 0.05) is 7.05 Å². The number of benzene rings is 1. The average molecular weight is 325 g/mol. The molecule has 0 aliphatic carbocycles. The van der Waals surface area contributed by atoms with Gasteiger partial charge in [0.1, 0.15) is 12.4 Å². The van der Waals surface area contributed by atoms with E-state index in [0.717, 1.165) is 27.2 Å². The maximum atomic E-state index is 9.55. The van der Waals surface area contributed by atoms with Crippen molar-refractivity contribution >= 4 is 15.9 Å². The Morgan fingerprint density at radius 3 is 2.79 bits per heavy atom. The van der Waals surface area contributed by atoms with Crippen molar-refractivity contribution in [3.63, 3.8) is 0 Å². The lowest BCUT2D eigenvalue weighted by molar-refractivity contribution is 0.198. The van der Waals surface area contributed by atoms with Crippen LogP contribution in [0.15, 0.2) is 28.7 Å². The molecule has 102 valence electrons. The largest absolute Gasteiger partial charge is 0.487 e. The van der Waals surface area contributed by atoms with Gasteiger partial charge in [0.05, 0.1) is 22.0 Å². The smallest absolute Gasteiger partial charge is 0.131 e. The summed E-state index contributed by atoms with van der Waals surface area (Å²) in [5.41, 5.74) is 2.77. The standard InChI is InChI=1S/C14H17BrN2O2/c1-9-14(15)13(17(3)16-9)8-19-12-6-4-5-11(7-12)10(2)18/h4-7,10,18H,8H2,1-3H3/t10-/m1/s1. The van der Waals surface area contributed by atoms with Gasteiger partial charge in [-0.3, -0.25) is 4.68 Å². The lowest BCUT2D eigenvalue weighted by Crippen LogP contribution is -2.04. The van der Waals surface area contributed by atoms with Crippen LogP contribution >= 0.6 is 15.9 Å². The molecule has 0 bridgehead atoms. The van der Waals surface area contributed by atoms with E-state index in [1.165, 1.54) is 0 Å². The SMILES string of the molecule is Cc1nn(C)c(COc2cccc([C@@H](C)O)c2)c1Br. The molecule has 0 spiro atoms. The molecule has 2 aromatic rings. The van der Waals surface area contributed by atoms with Crippen LogP contribution in [0, 0.1) is 6.92 Å². The first-order chi connectivity index (χ1) is 8.99. The topological polar surface area (TPSA) is 47.3 Å². The fraction of sp³-hybridized carbons (Fsp3) is 0.357. The number of hydrogen-bond acceptors (Lipinski definition) is 3. The van der Waals surface area contributed by atoms with E-state index in [0.29, 0.717) is 6.61 Å². The number of aliphatic hydroxyl groups is 1. The van der Waals surface area contributed by atoms with Gasteiger partial charge in [-0.15, -0.1) is 0 Å². The van der Waals surface area contributed by atoms with Crippen molar-refractivity contribution in [3.05, 3.63) is 45.7 Å². The van der Waals surface area contributed by atoms with Gasteiger partial charge in [-0.25, -0.2) is 0 Å². The van der Waals surface area contributed by atoms with Crippen LogP contribution in [0.3, 0.4) is 0 Å². The summed E-state index contributed by atoms with van der Waals surface area (Å²) >= 11 is 3.51. The average Bonchev–Trinajstić information content (AvgIpc) is 2.61. The van der Waals surface area contributed by atoms with Crippen LogP contribution in [0.4, 0.5) is 0 Å². The minimum atomic E-state index is -0.491. The first-order valence-corrected chi connectivity index (χ1v) is 6.87. The van der Waals surface area contributed by atoms with Crippen LogP contribution < -0.4 is 4.74 Å². The monoisotopic (exact) mass is 324 g/mol. The molecular weight excluding hydrogens is 308 g/mol. The van der Waals surface area contributed by atoms with E-state index in [-0.39, 0.29) is 0 Å². The number of rotatable bonds is 4. The van der Waals surface area contributed by atoms with E-state index in [1.54, 1.807) is 11.6 Å². The van der Waals surface area contributed by atoms with Gasteiger partial charge in [0.25, 0.3) is 0 Å². The first kappa shape index (κ1) is 14.1. The summed E-state index contributed by atoms with van der Waals surface area (Å²) in [6.07, 6.45) is -0.491. The molecular formula is C14H17BrN2O2. The van der Waals surface area contributed by atoms with Crippen LogP contribution in [0.25, 0.3) is 0 Å². The molecule has 1 heterocycles. The third-order valence-electron chi connectivity index (χ3n) is 2.98. The quantitative estimate of drug-likeness (QED) is 0.939. The summed E-state index contributed by atoms with van der Waals surface area (Å²) in [4.78, 5) is 0. The summed E-state index contributed by atoms with van der Waals surface area (Å²) in [6, 6.07) is 7.48. The molecule has 0 radical (unpaired) electrons. The molecule has 2 rings (SSSR count). The maximum Gasteiger partial charge on any atom is 0.131 e. The van der Waals surface area contributed by atoms with Crippen molar-refractivity contribution < 1.29 is 9.84 Å². The third-order valence-corrected chi connectivity index (χ3v) is 4.01. The highest BCUT2D eigenvalue weighted by molar-refractivity contribution is 9.10. The van der Waals surface area contributed by atoms with Gasteiger partial charge in [0.15, 0.2) is 0 Å². The Labute approximate surface area is 121 Å². The molecule has 0 amide bonds. The van der Waals surface area contributed by atoms with E-state index in [2.05, 4.69) is 21.0 Å². The van der Waals surface area contributed by atoms with Crippen LogP contribution in [-0.2, 0) is 13.7 Å². The fourth-order valence-corrected chi connectivity index (χ4v) is 2.30. The van der Waals surface area contributed by atoms with Gasteiger partial charge in [-0.05, 0) is 47.5 Å². The van der Waals surface area contributed by atoms with Gasteiger partial charge in [0.2, 0.25) is 0 Å². The van der Waals surface area contributed by atoms with Crippen molar-refractivity contribution in [2.24, 2.45) is 7.05 Å². The normalized spacial score (nSPS) is 12.5. The zero-order valence-corrected chi connectivity index (χ0v) is 12.8. The van der Waals surface area contributed by atoms with Crippen LogP contribution in [-0.4, -0.2) is 14.9 Å². The summed E-state index contributed by atoms with van der Waals surface area (Å²) in [5, 5.41) is 13.9. The van der Waals surface area contributed by atoms with E-state index in [9.17, 15) is 5.11 Å². The Balaban J connectivity index is 2.12. The number of nitrogens with zero attached hydrogens (tertiary/aromatic N) is 2. The highest BCUT2D eigenvalue weighted by Gasteiger charge is 2.11. The van der Waals surface area contributed by atoms with Crippen molar-refractivity contribution in [2.45, 2.75) is 26.6 Å². The lowest BCUT2D eigenvalue weighted by atomic mass is 10.1. The van der Waals surface area contributed by atoms with Crippen molar-refractivity contribution in [2.75, 3.05) is 0 Å².